The Labute approximate surface area is 133 Å². The molecule has 0 spiro atoms. The van der Waals surface area contributed by atoms with Crippen LogP contribution in [0, 0.1) is 0 Å². The molecule has 1 atom stereocenters. The van der Waals surface area contributed by atoms with Gasteiger partial charge < -0.3 is 10.1 Å². The van der Waals surface area contributed by atoms with Gasteiger partial charge in [-0.2, -0.15) is 0 Å². The van der Waals surface area contributed by atoms with Crippen molar-refractivity contribution in [3.05, 3.63) is 59.2 Å². The molecule has 0 radical (unpaired) electrons. The van der Waals surface area contributed by atoms with Gasteiger partial charge in [0.25, 0.3) is 0 Å². The summed E-state index contributed by atoms with van der Waals surface area (Å²) in [5.74, 6) is 0.924. The molecular weight excluding hydrogens is 270 g/mol. The van der Waals surface area contributed by atoms with Crippen LogP contribution in [0.25, 0.3) is 0 Å². The lowest BCUT2D eigenvalue weighted by atomic mass is 10.0. The van der Waals surface area contributed by atoms with Crippen molar-refractivity contribution in [2.24, 2.45) is 0 Å². The molecule has 2 heteroatoms. The molecule has 2 nitrogen and oxygen atoms in total. The maximum atomic E-state index is 5.20. The summed E-state index contributed by atoms with van der Waals surface area (Å²) in [6.45, 7) is 2.26. The topological polar surface area (TPSA) is 21.3 Å². The standard InChI is InChI=1S/C20H25NO/c1-15(6-7-16-8-12-20(22-2)13-9-16)21-19-11-10-17-4-3-5-18(17)14-19/h8-15,21H,3-7H2,1-2H3. The average Bonchev–Trinajstić information content (AvgIpc) is 3.01. The molecule has 0 saturated carbocycles. The summed E-state index contributed by atoms with van der Waals surface area (Å²) in [5, 5.41) is 3.64. The van der Waals surface area contributed by atoms with E-state index in [-0.39, 0.29) is 0 Å². The highest BCUT2D eigenvalue weighted by Crippen LogP contribution is 2.25. The summed E-state index contributed by atoms with van der Waals surface area (Å²) in [6, 6.07) is 15.7. The number of ether oxygens (including phenoxy) is 1. The van der Waals surface area contributed by atoms with E-state index in [0.717, 1.165) is 18.6 Å². The number of nitrogens with one attached hydrogen (secondary N) is 1. The number of aryl methyl sites for hydroxylation is 3. The van der Waals surface area contributed by atoms with Gasteiger partial charge in [-0.1, -0.05) is 18.2 Å². The predicted octanol–water partition coefficient (Wildman–Crippen LogP) is 4.62. The van der Waals surface area contributed by atoms with Gasteiger partial charge in [-0.05, 0) is 80.0 Å². The fourth-order valence-electron chi connectivity index (χ4n) is 3.19. The smallest absolute Gasteiger partial charge is 0.118 e. The van der Waals surface area contributed by atoms with Crippen LogP contribution in [0.2, 0.25) is 0 Å². The predicted molar refractivity (Wildman–Crippen MR) is 92.9 cm³/mol. The van der Waals surface area contributed by atoms with Gasteiger partial charge in [-0.15, -0.1) is 0 Å². The second kappa shape index (κ2) is 6.87. The lowest BCUT2D eigenvalue weighted by Crippen LogP contribution is -2.16. The van der Waals surface area contributed by atoms with Crippen molar-refractivity contribution in [3.8, 4) is 5.75 Å². The summed E-state index contributed by atoms with van der Waals surface area (Å²) in [5.41, 5.74) is 5.70. The molecule has 116 valence electrons. The zero-order valence-corrected chi connectivity index (χ0v) is 13.6. The molecule has 0 aromatic heterocycles. The largest absolute Gasteiger partial charge is 0.497 e. The summed E-state index contributed by atoms with van der Waals surface area (Å²) in [4.78, 5) is 0. The van der Waals surface area contributed by atoms with Crippen LogP contribution >= 0.6 is 0 Å². The molecule has 0 heterocycles. The van der Waals surface area contributed by atoms with Gasteiger partial charge in [0.1, 0.15) is 5.75 Å². The number of fused-ring (bicyclic) bond motifs is 1. The number of rotatable bonds is 6. The molecule has 2 aromatic rings. The minimum atomic E-state index is 0.474. The van der Waals surface area contributed by atoms with Crippen LogP contribution in [0.4, 0.5) is 5.69 Å². The van der Waals surface area contributed by atoms with E-state index in [1.54, 1.807) is 7.11 Å². The molecule has 0 bridgehead atoms. The molecule has 1 aliphatic carbocycles. The van der Waals surface area contributed by atoms with Gasteiger partial charge in [0.05, 0.1) is 7.11 Å². The third kappa shape index (κ3) is 3.62. The van der Waals surface area contributed by atoms with Gasteiger partial charge in [-0.25, -0.2) is 0 Å². The van der Waals surface area contributed by atoms with E-state index in [9.17, 15) is 0 Å². The Morgan fingerprint density at radius 1 is 1.05 bits per heavy atom. The molecule has 1 aliphatic rings. The van der Waals surface area contributed by atoms with Crippen molar-refractivity contribution in [1.82, 2.24) is 0 Å². The molecule has 0 amide bonds. The summed E-state index contributed by atoms with van der Waals surface area (Å²) < 4.78 is 5.20. The summed E-state index contributed by atoms with van der Waals surface area (Å²) in [6.07, 6.45) is 6.02. The van der Waals surface area contributed by atoms with Crippen molar-refractivity contribution in [2.75, 3.05) is 12.4 Å². The van der Waals surface area contributed by atoms with Crippen LogP contribution < -0.4 is 10.1 Å². The third-order valence-corrected chi connectivity index (χ3v) is 4.54. The first kappa shape index (κ1) is 15.0. The van der Waals surface area contributed by atoms with E-state index in [1.807, 2.05) is 12.1 Å². The summed E-state index contributed by atoms with van der Waals surface area (Å²) >= 11 is 0. The normalized spacial score (nSPS) is 14.5. The van der Waals surface area contributed by atoms with Crippen LogP contribution in [-0.2, 0) is 19.3 Å². The van der Waals surface area contributed by atoms with Crippen molar-refractivity contribution in [3.63, 3.8) is 0 Å². The molecular formula is C20H25NO. The Bertz CT molecular complexity index is 618. The highest BCUT2D eigenvalue weighted by atomic mass is 16.5. The number of anilines is 1. The zero-order chi connectivity index (χ0) is 15.4. The lowest BCUT2D eigenvalue weighted by Gasteiger charge is -2.16. The minimum Gasteiger partial charge on any atom is -0.497 e. The number of benzene rings is 2. The Balaban J connectivity index is 1.52. The van der Waals surface area contributed by atoms with Gasteiger partial charge in [-0.3, -0.25) is 0 Å². The zero-order valence-electron chi connectivity index (χ0n) is 13.6. The highest BCUT2D eigenvalue weighted by Gasteiger charge is 2.11. The van der Waals surface area contributed by atoms with E-state index in [4.69, 9.17) is 4.74 Å². The quantitative estimate of drug-likeness (QED) is 0.840. The van der Waals surface area contributed by atoms with Crippen molar-refractivity contribution in [1.29, 1.82) is 0 Å². The van der Waals surface area contributed by atoms with Gasteiger partial charge in [0.2, 0.25) is 0 Å². The van der Waals surface area contributed by atoms with E-state index >= 15 is 0 Å². The third-order valence-electron chi connectivity index (χ3n) is 4.54. The molecule has 0 fully saturated rings. The van der Waals surface area contributed by atoms with E-state index < -0.39 is 0 Å². The lowest BCUT2D eigenvalue weighted by molar-refractivity contribution is 0.414. The number of hydrogen-bond acceptors (Lipinski definition) is 2. The molecule has 1 unspecified atom stereocenters. The van der Waals surface area contributed by atoms with Crippen LogP contribution in [0.5, 0.6) is 5.75 Å². The molecule has 2 aromatic carbocycles. The maximum absolute atomic E-state index is 5.20. The van der Waals surface area contributed by atoms with Gasteiger partial charge >= 0.3 is 0 Å². The first-order chi connectivity index (χ1) is 10.7. The SMILES string of the molecule is COc1ccc(CCC(C)Nc2ccc3c(c2)CCC3)cc1. The fourth-order valence-corrected chi connectivity index (χ4v) is 3.19. The van der Waals surface area contributed by atoms with Crippen LogP contribution in [0.3, 0.4) is 0 Å². The second-order valence-corrected chi connectivity index (χ2v) is 6.27. The molecule has 3 rings (SSSR count). The molecule has 1 N–H and O–H groups in total. The Morgan fingerprint density at radius 3 is 2.59 bits per heavy atom. The van der Waals surface area contributed by atoms with Crippen LogP contribution in [-0.4, -0.2) is 13.2 Å². The first-order valence-electron chi connectivity index (χ1n) is 8.26. The van der Waals surface area contributed by atoms with E-state index in [2.05, 4.69) is 42.6 Å². The Morgan fingerprint density at radius 2 is 1.82 bits per heavy atom. The fraction of sp³-hybridized carbons (Fsp3) is 0.400. The van der Waals surface area contributed by atoms with Gasteiger partial charge in [0.15, 0.2) is 0 Å². The monoisotopic (exact) mass is 295 g/mol. The molecule has 0 saturated heterocycles. The highest BCUT2D eigenvalue weighted by molar-refractivity contribution is 5.50. The minimum absolute atomic E-state index is 0.474. The van der Waals surface area contributed by atoms with Gasteiger partial charge in [0, 0.05) is 11.7 Å². The summed E-state index contributed by atoms with van der Waals surface area (Å²) in [7, 11) is 1.71. The van der Waals surface area contributed by atoms with Crippen LogP contribution in [0.15, 0.2) is 42.5 Å². The first-order valence-corrected chi connectivity index (χ1v) is 8.26. The maximum Gasteiger partial charge on any atom is 0.118 e. The van der Waals surface area contributed by atoms with Crippen molar-refractivity contribution < 1.29 is 4.74 Å². The molecule has 0 aliphatic heterocycles. The van der Waals surface area contributed by atoms with Crippen LogP contribution in [0.1, 0.15) is 36.5 Å². The van der Waals surface area contributed by atoms with Crippen molar-refractivity contribution in [2.45, 2.75) is 45.1 Å². The van der Waals surface area contributed by atoms with E-state index in [1.165, 1.54) is 41.6 Å². The average molecular weight is 295 g/mol. The molecule has 22 heavy (non-hydrogen) atoms. The van der Waals surface area contributed by atoms with Crippen molar-refractivity contribution >= 4 is 5.69 Å². The van der Waals surface area contributed by atoms with E-state index in [0.29, 0.717) is 6.04 Å². The Hall–Kier alpha value is -1.96. The number of methoxy groups -OCH3 is 1. The second-order valence-electron chi connectivity index (χ2n) is 6.27. The Kier molecular flexibility index (Phi) is 4.67. The number of hydrogen-bond donors (Lipinski definition) is 1.